The number of hydrogen-bond donors (Lipinski definition) is 1. The average molecular weight is 459 g/mol. The molecule has 0 saturated carbocycles. The minimum atomic E-state index is -3.64. The van der Waals surface area contributed by atoms with Crippen LogP contribution >= 0.6 is 0 Å². The summed E-state index contributed by atoms with van der Waals surface area (Å²) in [7, 11) is -3.64. The van der Waals surface area contributed by atoms with Gasteiger partial charge in [0.2, 0.25) is 10.0 Å². The van der Waals surface area contributed by atoms with E-state index in [9.17, 15) is 18.0 Å². The molecule has 9 heteroatoms. The second kappa shape index (κ2) is 9.54. The molecule has 0 bridgehead atoms. The number of fused-ring (bicyclic) bond motifs is 1. The van der Waals surface area contributed by atoms with Crippen molar-refractivity contribution in [1.82, 2.24) is 4.31 Å². The Morgan fingerprint density at radius 3 is 2.44 bits per heavy atom. The standard InChI is InChI=1S/C23H26N2O6S/c1-5-25(6-2)32(28,29)18-9-7-15(3)20(13-18)24-22(26)14-30-17-8-10-19-16(4)11-23(27)31-21(19)12-17/h7-13H,5-6,14H2,1-4H3,(H,24,26). The van der Waals surface area contributed by atoms with E-state index in [2.05, 4.69) is 5.32 Å². The number of rotatable bonds is 8. The highest BCUT2D eigenvalue weighted by molar-refractivity contribution is 7.89. The minimum absolute atomic E-state index is 0.114. The van der Waals surface area contributed by atoms with Gasteiger partial charge in [-0.3, -0.25) is 4.79 Å². The third kappa shape index (κ3) is 5.00. The van der Waals surface area contributed by atoms with Gasteiger partial charge in [-0.15, -0.1) is 0 Å². The second-order valence-corrected chi connectivity index (χ2v) is 9.25. The Kier molecular flexibility index (Phi) is 7.00. The summed E-state index contributed by atoms with van der Waals surface area (Å²) in [5, 5.41) is 3.48. The first-order chi connectivity index (χ1) is 15.1. The van der Waals surface area contributed by atoms with Gasteiger partial charge in [0.1, 0.15) is 11.3 Å². The number of amides is 1. The van der Waals surface area contributed by atoms with Crippen LogP contribution in [0.2, 0.25) is 0 Å². The van der Waals surface area contributed by atoms with Gasteiger partial charge >= 0.3 is 5.63 Å². The summed E-state index contributed by atoms with van der Waals surface area (Å²) in [5.41, 5.74) is 1.82. The van der Waals surface area contributed by atoms with Gasteiger partial charge in [-0.25, -0.2) is 13.2 Å². The molecule has 1 aromatic heterocycles. The zero-order valence-corrected chi connectivity index (χ0v) is 19.3. The van der Waals surface area contributed by atoms with E-state index in [0.717, 1.165) is 16.5 Å². The van der Waals surface area contributed by atoms with Crippen LogP contribution in [0.4, 0.5) is 5.69 Å². The third-order valence-electron chi connectivity index (χ3n) is 5.12. The highest BCUT2D eigenvalue weighted by atomic mass is 32.2. The lowest BCUT2D eigenvalue weighted by Crippen LogP contribution is -2.30. The third-order valence-corrected chi connectivity index (χ3v) is 7.16. The summed E-state index contributed by atoms with van der Waals surface area (Å²) in [6.45, 7) is 7.54. The fourth-order valence-corrected chi connectivity index (χ4v) is 4.82. The predicted octanol–water partition coefficient (Wildman–Crippen LogP) is 3.46. The van der Waals surface area contributed by atoms with Crippen LogP contribution in [0, 0.1) is 13.8 Å². The quantitative estimate of drug-likeness (QED) is 0.518. The number of nitrogens with zero attached hydrogens (tertiary/aromatic N) is 1. The normalized spacial score (nSPS) is 11.7. The molecule has 1 N–H and O–H groups in total. The number of carbonyl (C=O) groups excluding carboxylic acids is 1. The van der Waals surface area contributed by atoms with E-state index in [1.165, 1.54) is 22.5 Å². The molecule has 170 valence electrons. The van der Waals surface area contributed by atoms with Crippen LogP contribution in [0.15, 0.2) is 56.6 Å². The van der Waals surface area contributed by atoms with Crippen LogP contribution in [0.5, 0.6) is 5.75 Å². The van der Waals surface area contributed by atoms with Crippen molar-refractivity contribution in [2.24, 2.45) is 0 Å². The van der Waals surface area contributed by atoms with Gasteiger partial charge in [0.25, 0.3) is 5.91 Å². The van der Waals surface area contributed by atoms with Gasteiger partial charge in [-0.2, -0.15) is 4.31 Å². The number of sulfonamides is 1. The summed E-state index contributed by atoms with van der Waals surface area (Å²) in [6, 6.07) is 11.0. The summed E-state index contributed by atoms with van der Waals surface area (Å²) in [5.74, 6) is -0.0766. The molecule has 0 aliphatic rings. The fraction of sp³-hybridized carbons (Fsp3) is 0.304. The van der Waals surface area contributed by atoms with Crippen molar-refractivity contribution in [2.75, 3.05) is 25.0 Å². The summed E-state index contributed by atoms with van der Waals surface area (Å²) in [4.78, 5) is 24.1. The lowest BCUT2D eigenvalue weighted by atomic mass is 10.1. The highest BCUT2D eigenvalue weighted by Crippen LogP contribution is 2.24. The molecule has 2 aromatic carbocycles. The molecular weight excluding hydrogens is 432 g/mol. The Balaban J connectivity index is 1.74. The van der Waals surface area contributed by atoms with E-state index in [0.29, 0.717) is 30.1 Å². The first-order valence-corrected chi connectivity index (χ1v) is 11.7. The Labute approximate surface area is 186 Å². The molecule has 0 atom stereocenters. The minimum Gasteiger partial charge on any atom is -0.484 e. The number of nitrogens with one attached hydrogen (secondary N) is 1. The maximum absolute atomic E-state index is 12.8. The van der Waals surface area contributed by atoms with Crippen LogP contribution in [0.1, 0.15) is 25.0 Å². The van der Waals surface area contributed by atoms with Crippen LogP contribution in [-0.4, -0.2) is 38.3 Å². The number of ether oxygens (including phenoxy) is 1. The zero-order valence-electron chi connectivity index (χ0n) is 18.5. The maximum Gasteiger partial charge on any atom is 0.336 e. The Hall–Kier alpha value is -3.17. The molecule has 0 saturated heterocycles. The predicted molar refractivity (Wildman–Crippen MR) is 123 cm³/mol. The molecule has 32 heavy (non-hydrogen) atoms. The van der Waals surface area contributed by atoms with Crippen molar-refractivity contribution < 1.29 is 22.4 Å². The van der Waals surface area contributed by atoms with Gasteiger partial charge < -0.3 is 14.5 Å². The monoisotopic (exact) mass is 458 g/mol. The molecule has 0 aliphatic heterocycles. The topological polar surface area (TPSA) is 106 Å². The molecule has 0 radical (unpaired) electrons. The van der Waals surface area contributed by atoms with Gasteiger partial charge in [-0.05, 0) is 49.2 Å². The Bertz CT molecular complexity index is 1310. The van der Waals surface area contributed by atoms with Crippen molar-refractivity contribution >= 4 is 32.6 Å². The number of benzene rings is 2. The summed E-state index contributed by atoms with van der Waals surface area (Å²) in [6.07, 6.45) is 0. The largest absolute Gasteiger partial charge is 0.484 e. The molecule has 3 aromatic rings. The molecule has 0 unspecified atom stereocenters. The molecule has 3 rings (SSSR count). The van der Waals surface area contributed by atoms with E-state index in [1.54, 1.807) is 45.0 Å². The lowest BCUT2D eigenvalue weighted by molar-refractivity contribution is -0.118. The lowest BCUT2D eigenvalue weighted by Gasteiger charge is -2.19. The van der Waals surface area contributed by atoms with Crippen molar-refractivity contribution in [3.8, 4) is 5.75 Å². The molecule has 8 nitrogen and oxygen atoms in total. The number of hydrogen-bond acceptors (Lipinski definition) is 6. The number of carbonyl (C=O) groups is 1. The van der Waals surface area contributed by atoms with Gasteiger partial charge in [-0.1, -0.05) is 19.9 Å². The van der Waals surface area contributed by atoms with Crippen LogP contribution in [-0.2, 0) is 14.8 Å². The van der Waals surface area contributed by atoms with Crippen LogP contribution < -0.4 is 15.7 Å². The molecule has 1 heterocycles. The Morgan fingerprint density at radius 1 is 1.03 bits per heavy atom. The maximum atomic E-state index is 12.8. The first-order valence-electron chi connectivity index (χ1n) is 10.2. The molecule has 0 aliphatic carbocycles. The summed E-state index contributed by atoms with van der Waals surface area (Å²) >= 11 is 0. The number of aryl methyl sites for hydroxylation is 2. The van der Waals surface area contributed by atoms with Crippen LogP contribution in [0.3, 0.4) is 0 Å². The molecule has 0 spiro atoms. The first kappa shape index (κ1) is 23.5. The van der Waals surface area contributed by atoms with Crippen molar-refractivity contribution in [3.63, 3.8) is 0 Å². The van der Waals surface area contributed by atoms with Crippen molar-refractivity contribution in [1.29, 1.82) is 0 Å². The SMILES string of the molecule is CCN(CC)S(=O)(=O)c1ccc(C)c(NC(=O)COc2ccc3c(C)cc(=O)oc3c2)c1. The van der Waals surface area contributed by atoms with Crippen molar-refractivity contribution in [3.05, 3.63) is 64.0 Å². The van der Waals surface area contributed by atoms with Gasteiger partial charge in [0.05, 0.1) is 4.90 Å². The number of anilines is 1. The van der Waals surface area contributed by atoms with Gasteiger partial charge in [0, 0.05) is 36.3 Å². The van der Waals surface area contributed by atoms with E-state index in [1.807, 2.05) is 6.92 Å². The summed E-state index contributed by atoms with van der Waals surface area (Å²) < 4.78 is 37.6. The van der Waals surface area contributed by atoms with E-state index in [-0.39, 0.29) is 11.5 Å². The second-order valence-electron chi connectivity index (χ2n) is 7.31. The Morgan fingerprint density at radius 2 is 1.75 bits per heavy atom. The van der Waals surface area contributed by atoms with E-state index in [4.69, 9.17) is 9.15 Å². The molecular formula is C23H26N2O6S. The molecule has 0 fully saturated rings. The highest BCUT2D eigenvalue weighted by Gasteiger charge is 2.22. The zero-order chi connectivity index (χ0) is 23.5. The van der Waals surface area contributed by atoms with E-state index < -0.39 is 21.6 Å². The fourth-order valence-electron chi connectivity index (χ4n) is 3.34. The van der Waals surface area contributed by atoms with Crippen molar-refractivity contribution in [2.45, 2.75) is 32.6 Å². The van der Waals surface area contributed by atoms with Crippen LogP contribution in [0.25, 0.3) is 11.0 Å². The average Bonchev–Trinajstić information content (AvgIpc) is 2.74. The molecule has 1 amide bonds. The van der Waals surface area contributed by atoms with Gasteiger partial charge in [0.15, 0.2) is 6.61 Å². The smallest absolute Gasteiger partial charge is 0.336 e. The van der Waals surface area contributed by atoms with E-state index >= 15 is 0 Å².